The van der Waals surface area contributed by atoms with Gasteiger partial charge in [-0.05, 0) is 18.2 Å². The summed E-state index contributed by atoms with van der Waals surface area (Å²) in [5, 5.41) is 3.20. The van der Waals surface area contributed by atoms with Crippen molar-refractivity contribution in [2.24, 2.45) is 0 Å². The SMILES string of the molecule is O=C(Nc1cnc(Cl)cc1Cl)c1ccccn1. The van der Waals surface area contributed by atoms with Crippen LogP contribution in [0.2, 0.25) is 10.2 Å². The molecule has 17 heavy (non-hydrogen) atoms. The number of nitrogens with zero attached hydrogens (tertiary/aromatic N) is 2. The second-order valence-corrected chi connectivity index (χ2v) is 3.95. The van der Waals surface area contributed by atoms with Crippen molar-refractivity contribution in [3.8, 4) is 0 Å². The zero-order chi connectivity index (χ0) is 12.3. The molecule has 0 aliphatic heterocycles. The molecule has 0 radical (unpaired) electrons. The standard InChI is InChI=1S/C11H7Cl2N3O/c12-7-5-10(13)15-6-9(7)16-11(17)8-3-1-2-4-14-8/h1-6H,(H,16,17). The Bertz CT molecular complexity index is 546. The van der Waals surface area contributed by atoms with Gasteiger partial charge >= 0.3 is 0 Å². The van der Waals surface area contributed by atoms with Crippen molar-refractivity contribution >= 4 is 34.8 Å². The van der Waals surface area contributed by atoms with Crippen LogP contribution < -0.4 is 5.32 Å². The Morgan fingerprint density at radius 2 is 2.06 bits per heavy atom. The van der Waals surface area contributed by atoms with E-state index in [0.717, 1.165) is 0 Å². The molecule has 86 valence electrons. The van der Waals surface area contributed by atoms with Gasteiger partial charge in [0.05, 0.1) is 16.9 Å². The second kappa shape index (κ2) is 5.12. The Morgan fingerprint density at radius 1 is 1.24 bits per heavy atom. The van der Waals surface area contributed by atoms with Crippen LogP contribution in [-0.4, -0.2) is 15.9 Å². The number of amides is 1. The first-order valence-corrected chi connectivity index (χ1v) is 5.46. The lowest BCUT2D eigenvalue weighted by Gasteiger charge is -2.05. The molecule has 2 aromatic heterocycles. The van der Waals surface area contributed by atoms with E-state index in [0.29, 0.717) is 16.4 Å². The lowest BCUT2D eigenvalue weighted by molar-refractivity contribution is 0.102. The van der Waals surface area contributed by atoms with Crippen LogP contribution in [0.25, 0.3) is 0 Å². The number of pyridine rings is 2. The first-order valence-electron chi connectivity index (χ1n) is 4.70. The maximum Gasteiger partial charge on any atom is 0.274 e. The van der Waals surface area contributed by atoms with Crippen molar-refractivity contribution < 1.29 is 4.79 Å². The zero-order valence-electron chi connectivity index (χ0n) is 8.52. The van der Waals surface area contributed by atoms with E-state index in [1.807, 2.05) is 0 Å². The van der Waals surface area contributed by atoms with Gasteiger partial charge in [-0.1, -0.05) is 29.3 Å². The fourth-order valence-corrected chi connectivity index (χ4v) is 1.60. The number of carbonyl (C=O) groups is 1. The van der Waals surface area contributed by atoms with Crippen molar-refractivity contribution in [2.75, 3.05) is 5.32 Å². The van der Waals surface area contributed by atoms with Crippen LogP contribution in [0.4, 0.5) is 5.69 Å². The predicted octanol–water partition coefficient (Wildman–Crippen LogP) is 3.04. The van der Waals surface area contributed by atoms with Crippen molar-refractivity contribution in [3.05, 3.63) is 52.5 Å². The quantitative estimate of drug-likeness (QED) is 0.851. The fraction of sp³-hybridized carbons (Fsp3) is 0. The summed E-state index contributed by atoms with van der Waals surface area (Å²) in [7, 11) is 0. The Hall–Kier alpha value is -1.65. The highest BCUT2D eigenvalue weighted by molar-refractivity contribution is 6.36. The van der Waals surface area contributed by atoms with Crippen LogP contribution >= 0.6 is 23.2 Å². The Labute approximate surface area is 108 Å². The number of aromatic nitrogens is 2. The van der Waals surface area contributed by atoms with E-state index in [-0.39, 0.29) is 11.1 Å². The van der Waals surface area contributed by atoms with Gasteiger partial charge in [0, 0.05) is 6.20 Å². The van der Waals surface area contributed by atoms with E-state index in [1.54, 1.807) is 18.2 Å². The molecular formula is C11H7Cl2N3O. The number of nitrogens with one attached hydrogen (secondary N) is 1. The molecule has 0 fully saturated rings. The zero-order valence-corrected chi connectivity index (χ0v) is 10.0. The molecule has 2 aromatic rings. The van der Waals surface area contributed by atoms with Crippen LogP contribution in [0, 0.1) is 0 Å². The summed E-state index contributed by atoms with van der Waals surface area (Å²) in [4.78, 5) is 19.5. The maximum atomic E-state index is 11.8. The second-order valence-electron chi connectivity index (χ2n) is 3.16. The summed E-state index contributed by atoms with van der Waals surface area (Å²) >= 11 is 11.6. The summed E-state index contributed by atoms with van der Waals surface area (Å²) in [5.41, 5.74) is 0.699. The molecule has 2 rings (SSSR count). The number of carbonyl (C=O) groups excluding carboxylic acids is 1. The topological polar surface area (TPSA) is 54.9 Å². The normalized spacial score (nSPS) is 10.0. The van der Waals surface area contributed by atoms with Gasteiger partial charge in [0.25, 0.3) is 5.91 Å². The third-order valence-corrected chi connectivity index (χ3v) is 2.49. The Kier molecular flexibility index (Phi) is 3.56. The molecule has 1 N–H and O–H groups in total. The molecule has 1 amide bonds. The molecule has 0 saturated carbocycles. The van der Waals surface area contributed by atoms with Gasteiger partial charge < -0.3 is 5.32 Å². The van der Waals surface area contributed by atoms with Crippen LogP contribution in [0.5, 0.6) is 0 Å². The average molecular weight is 268 g/mol. The van der Waals surface area contributed by atoms with Gasteiger partial charge in [0.2, 0.25) is 0 Å². The number of hydrogen-bond donors (Lipinski definition) is 1. The summed E-state index contributed by atoms with van der Waals surface area (Å²) in [5.74, 6) is -0.350. The highest BCUT2D eigenvalue weighted by Crippen LogP contribution is 2.23. The van der Waals surface area contributed by atoms with Gasteiger partial charge in [0.1, 0.15) is 10.8 Å². The Balaban J connectivity index is 2.19. The highest BCUT2D eigenvalue weighted by Gasteiger charge is 2.09. The van der Waals surface area contributed by atoms with E-state index in [2.05, 4.69) is 15.3 Å². The summed E-state index contributed by atoms with van der Waals surface area (Å²) in [6, 6.07) is 6.51. The van der Waals surface area contributed by atoms with Crippen molar-refractivity contribution in [3.63, 3.8) is 0 Å². The summed E-state index contributed by atoms with van der Waals surface area (Å²) < 4.78 is 0. The molecule has 0 spiro atoms. The largest absolute Gasteiger partial charge is 0.318 e. The smallest absolute Gasteiger partial charge is 0.274 e. The predicted molar refractivity (Wildman–Crippen MR) is 66.4 cm³/mol. The molecule has 0 atom stereocenters. The van der Waals surface area contributed by atoms with Crippen LogP contribution in [0.3, 0.4) is 0 Å². The molecule has 0 saturated heterocycles. The van der Waals surface area contributed by atoms with Gasteiger partial charge in [0.15, 0.2) is 0 Å². The summed E-state index contributed by atoms with van der Waals surface area (Å²) in [6.45, 7) is 0. The van der Waals surface area contributed by atoms with E-state index in [1.165, 1.54) is 18.5 Å². The summed E-state index contributed by atoms with van der Waals surface area (Å²) in [6.07, 6.45) is 2.93. The molecular weight excluding hydrogens is 261 g/mol. The molecule has 0 unspecified atom stereocenters. The van der Waals surface area contributed by atoms with E-state index in [4.69, 9.17) is 23.2 Å². The van der Waals surface area contributed by atoms with E-state index < -0.39 is 0 Å². The molecule has 0 aliphatic rings. The minimum atomic E-state index is -0.350. The average Bonchev–Trinajstić information content (AvgIpc) is 2.34. The lowest BCUT2D eigenvalue weighted by Crippen LogP contribution is -2.13. The van der Waals surface area contributed by atoms with Crippen LogP contribution in [0.15, 0.2) is 36.7 Å². The van der Waals surface area contributed by atoms with E-state index in [9.17, 15) is 4.79 Å². The molecule has 0 aromatic carbocycles. The fourth-order valence-electron chi connectivity index (χ4n) is 1.18. The minimum Gasteiger partial charge on any atom is -0.318 e. The van der Waals surface area contributed by atoms with Crippen LogP contribution in [0.1, 0.15) is 10.5 Å². The van der Waals surface area contributed by atoms with Crippen molar-refractivity contribution in [1.29, 1.82) is 0 Å². The molecule has 0 aliphatic carbocycles. The molecule has 6 heteroatoms. The number of anilines is 1. The Morgan fingerprint density at radius 3 is 2.71 bits per heavy atom. The molecule has 0 bridgehead atoms. The lowest BCUT2D eigenvalue weighted by atomic mass is 10.3. The molecule has 4 nitrogen and oxygen atoms in total. The number of halogens is 2. The maximum absolute atomic E-state index is 11.8. The third kappa shape index (κ3) is 2.93. The number of hydrogen-bond acceptors (Lipinski definition) is 3. The third-order valence-electron chi connectivity index (χ3n) is 1.97. The highest BCUT2D eigenvalue weighted by atomic mass is 35.5. The number of rotatable bonds is 2. The van der Waals surface area contributed by atoms with E-state index >= 15 is 0 Å². The van der Waals surface area contributed by atoms with Gasteiger partial charge in [-0.25, -0.2) is 4.98 Å². The molecule has 2 heterocycles. The van der Waals surface area contributed by atoms with Gasteiger partial charge in [-0.3, -0.25) is 9.78 Å². The monoisotopic (exact) mass is 267 g/mol. The van der Waals surface area contributed by atoms with Crippen molar-refractivity contribution in [1.82, 2.24) is 9.97 Å². The first kappa shape index (κ1) is 11.8. The first-order chi connectivity index (χ1) is 8.16. The van der Waals surface area contributed by atoms with Gasteiger partial charge in [-0.15, -0.1) is 0 Å². The van der Waals surface area contributed by atoms with Gasteiger partial charge in [-0.2, -0.15) is 0 Å². The van der Waals surface area contributed by atoms with Crippen molar-refractivity contribution in [2.45, 2.75) is 0 Å². The minimum absolute atomic E-state index is 0.269. The van der Waals surface area contributed by atoms with Crippen LogP contribution in [-0.2, 0) is 0 Å².